The average Bonchev–Trinajstić information content (AvgIpc) is 3.54. The van der Waals surface area contributed by atoms with Crippen molar-refractivity contribution in [3.63, 3.8) is 0 Å². The number of carbonyl (C=O) groups is 1. The summed E-state index contributed by atoms with van der Waals surface area (Å²) in [6.45, 7) is 3.60. The van der Waals surface area contributed by atoms with Gasteiger partial charge in [0.25, 0.3) is 0 Å². The van der Waals surface area contributed by atoms with Crippen LogP contribution in [0.3, 0.4) is 0 Å². The summed E-state index contributed by atoms with van der Waals surface area (Å²) < 4.78 is 8.09. The first-order valence-corrected chi connectivity index (χ1v) is 11.2. The molecule has 3 heterocycles. The zero-order valence-electron chi connectivity index (χ0n) is 17.8. The highest BCUT2D eigenvalue weighted by Gasteiger charge is 2.27. The van der Waals surface area contributed by atoms with Gasteiger partial charge in [-0.15, -0.1) is 0 Å². The minimum Gasteiger partial charge on any atom is -0.378 e. The lowest BCUT2D eigenvalue weighted by atomic mass is 10.0. The van der Waals surface area contributed by atoms with Gasteiger partial charge in [0.2, 0.25) is 5.91 Å². The van der Waals surface area contributed by atoms with Crippen LogP contribution in [0.15, 0.2) is 24.4 Å². The number of imidazole rings is 1. The number of nitriles is 1. The average molecular weight is 418 g/mol. The van der Waals surface area contributed by atoms with Crippen molar-refractivity contribution in [3.05, 3.63) is 35.8 Å². The summed E-state index contributed by atoms with van der Waals surface area (Å²) in [5.74, 6) is 1.66. The maximum absolute atomic E-state index is 12.4. The Morgan fingerprint density at radius 1 is 1.32 bits per heavy atom. The number of benzene rings is 1. The van der Waals surface area contributed by atoms with Crippen LogP contribution in [0.5, 0.6) is 0 Å². The van der Waals surface area contributed by atoms with Gasteiger partial charge < -0.3 is 14.6 Å². The summed E-state index contributed by atoms with van der Waals surface area (Å²) in [4.78, 5) is 21.8. The van der Waals surface area contributed by atoms with Crippen molar-refractivity contribution in [3.8, 4) is 6.07 Å². The molecule has 1 aliphatic heterocycles. The van der Waals surface area contributed by atoms with Crippen molar-refractivity contribution in [2.24, 2.45) is 5.92 Å². The van der Waals surface area contributed by atoms with Crippen LogP contribution in [0.1, 0.15) is 56.5 Å². The Kier molecular flexibility index (Phi) is 5.33. The molecule has 0 unspecified atom stereocenters. The van der Waals surface area contributed by atoms with Gasteiger partial charge in [0.05, 0.1) is 35.0 Å². The number of rotatable bonds is 6. The third-order valence-corrected chi connectivity index (χ3v) is 6.40. The smallest absolute Gasteiger partial charge is 0.220 e. The molecule has 160 valence electrons. The molecule has 1 saturated carbocycles. The lowest BCUT2D eigenvalue weighted by Gasteiger charge is -2.30. The van der Waals surface area contributed by atoms with E-state index in [1.807, 2.05) is 12.1 Å². The largest absolute Gasteiger partial charge is 0.378 e. The van der Waals surface area contributed by atoms with Crippen molar-refractivity contribution in [1.82, 2.24) is 19.9 Å². The molecule has 1 amide bonds. The van der Waals surface area contributed by atoms with Crippen LogP contribution < -0.4 is 5.32 Å². The standard InChI is InChI=1S/C24H27N5O2/c1-15-10-18(8-9-31-15)29-22(6-7-23(30)27-13-16-2-3-16)28-21-14-26-20-5-4-17(12-25)11-19(20)24(21)29/h4-5,11,14-16,18H,2-3,6-10,13H2,1H3,(H,27,30)/t15-,18-/m1/s1. The first-order valence-electron chi connectivity index (χ1n) is 11.2. The SMILES string of the molecule is C[C@@H]1C[C@H](n2c(CCC(=O)NCC3CC3)nc3cnc4ccc(C#N)cc4c32)CCO1. The molecule has 2 aliphatic rings. The fourth-order valence-electron chi connectivity index (χ4n) is 4.57. The summed E-state index contributed by atoms with van der Waals surface area (Å²) >= 11 is 0. The number of hydrogen-bond acceptors (Lipinski definition) is 5. The first-order chi connectivity index (χ1) is 15.1. The predicted molar refractivity (Wildman–Crippen MR) is 117 cm³/mol. The van der Waals surface area contributed by atoms with Crippen molar-refractivity contribution in [2.75, 3.05) is 13.2 Å². The van der Waals surface area contributed by atoms with E-state index in [0.29, 0.717) is 30.9 Å². The summed E-state index contributed by atoms with van der Waals surface area (Å²) in [5.41, 5.74) is 3.28. The van der Waals surface area contributed by atoms with Crippen LogP contribution in [-0.2, 0) is 16.0 Å². The van der Waals surface area contributed by atoms with Gasteiger partial charge in [-0.25, -0.2) is 4.98 Å². The van der Waals surface area contributed by atoms with E-state index in [1.165, 1.54) is 12.8 Å². The van der Waals surface area contributed by atoms with Crippen molar-refractivity contribution in [1.29, 1.82) is 5.26 Å². The van der Waals surface area contributed by atoms with E-state index in [4.69, 9.17) is 9.72 Å². The van der Waals surface area contributed by atoms with E-state index in [2.05, 4.69) is 27.9 Å². The van der Waals surface area contributed by atoms with Crippen molar-refractivity contribution < 1.29 is 9.53 Å². The molecular formula is C24H27N5O2. The third-order valence-electron chi connectivity index (χ3n) is 6.40. The molecule has 2 atom stereocenters. The Labute approximate surface area is 181 Å². The molecule has 0 bridgehead atoms. The number of hydrogen-bond donors (Lipinski definition) is 1. The molecule has 1 aliphatic carbocycles. The van der Waals surface area contributed by atoms with Gasteiger partial charge in [0.1, 0.15) is 11.3 Å². The van der Waals surface area contributed by atoms with E-state index in [9.17, 15) is 10.1 Å². The second-order valence-electron chi connectivity index (χ2n) is 8.84. The predicted octanol–water partition coefficient (Wildman–Crippen LogP) is 3.65. The summed E-state index contributed by atoms with van der Waals surface area (Å²) in [6.07, 6.45) is 7.23. The number of carbonyl (C=O) groups excluding carboxylic acids is 1. The molecule has 1 aromatic carbocycles. The number of ether oxygens (including phenoxy) is 1. The lowest BCUT2D eigenvalue weighted by Crippen LogP contribution is -2.28. The number of fused-ring (bicyclic) bond motifs is 3. The Hall–Kier alpha value is -2.98. The summed E-state index contributed by atoms with van der Waals surface area (Å²) in [7, 11) is 0. The fraction of sp³-hybridized carbons (Fsp3) is 0.500. The maximum Gasteiger partial charge on any atom is 0.220 e. The minimum atomic E-state index is 0.0839. The van der Waals surface area contributed by atoms with E-state index in [1.54, 1.807) is 12.3 Å². The topological polar surface area (TPSA) is 92.8 Å². The number of aromatic nitrogens is 3. The number of pyridine rings is 1. The molecule has 1 saturated heterocycles. The molecule has 31 heavy (non-hydrogen) atoms. The van der Waals surface area contributed by atoms with Crippen LogP contribution in [0.2, 0.25) is 0 Å². The molecule has 5 rings (SSSR count). The second kappa shape index (κ2) is 8.27. The van der Waals surface area contributed by atoms with Crippen molar-refractivity contribution in [2.45, 2.75) is 57.6 Å². The first kappa shape index (κ1) is 20.0. The quantitative estimate of drug-likeness (QED) is 0.661. The van der Waals surface area contributed by atoms with E-state index in [-0.39, 0.29) is 18.1 Å². The zero-order valence-corrected chi connectivity index (χ0v) is 17.8. The highest BCUT2D eigenvalue weighted by atomic mass is 16.5. The number of nitrogens with zero attached hydrogens (tertiary/aromatic N) is 4. The molecule has 0 spiro atoms. The van der Waals surface area contributed by atoms with Gasteiger partial charge in [-0.05, 0) is 56.7 Å². The second-order valence-corrected chi connectivity index (χ2v) is 8.84. The van der Waals surface area contributed by atoms with Gasteiger partial charge >= 0.3 is 0 Å². The van der Waals surface area contributed by atoms with Gasteiger partial charge in [0.15, 0.2) is 0 Å². The Bertz CT molecular complexity index is 1170. The van der Waals surface area contributed by atoms with Crippen LogP contribution in [-0.4, -0.2) is 39.7 Å². The molecule has 7 heteroatoms. The van der Waals surface area contributed by atoms with E-state index < -0.39 is 0 Å². The zero-order chi connectivity index (χ0) is 21.4. The van der Waals surface area contributed by atoms with Gasteiger partial charge in [0, 0.05) is 37.4 Å². The van der Waals surface area contributed by atoms with E-state index in [0.717, 1.165) is 47.1 Å². The van der Waals surface area contributed by atoms with E-state index >= 15 is 0 Å². The monoisotopic (exact) mass is 417 g/mol. The summed E-state index contributed by atoms with van der Waals surface area (Å²) in [6, 6.07) is 8.07. The van der Waals surface area contributed by atoms with Crippen LogP contribution in [0.4, 0.5) is 0 Å². The summed E-state index contributed by atoms with van der Waals surface area (Å²) in [5, 5.41) is 13.4. The maximum atomic E-state index is 12.4. The van der Waals surface area contributed by atoms with Crippen LogP contribution >= 0.6 is 0 Å². The minimum absolute atomic E-state index is 0.0839. The van der Waals surface area contributed by atoms with Crippen LogP contribution in [0.25, 0.3) is 21.9 Å². The molecule has 2 fully saturated rings. The highest BCUT2D eigenvalue weighted by Crippen LogP contribution is 2.34. The Balaban J connectivity index is 1.54. The number of amides is 1. The van der Waals surface area contributed by atoms with Gasteiger partial charge in [-0.2, -0.15) is 5.26 Å². The van der Waals surface area contributed by atoms with Gasteiger partial charge in [-0.3, -0.25) is 9.78 Å². The molecule has 7 nitrogen and oxygen atoms in total. The Morgan fingerprint density at radius 3 is 2.97 bits per heavy atom. The fourth-order valence-corrected chi connectivity index (χ4v) is 4.57. The normalized spacial score (nSPS) is 21.3. The molecule has 3 aromatic rings. The van der Waals surface area contributed by atoms with Gasteiger partial charge in [-0.1, -0.05) is 0 Å². The molecule has 0 radical (unpaired) electrons. The van der Waals surface area contributed by atoms with Crippen molar-refractivity contribution >= 4 is 27.8 Å². The number of nitrogens with one attached hydrogen (secondary N) is 1. The molecular weight excluding hydrogens is 390 g/mol. The Morgan fingerprint density at radius 2 is 2.19 bits per heavy atom. The highest BCUT2D eigenvalue weighted by molar-refractivity contribution is 6.03. The lowest BCUT2D eigenvalue weighted by molar-refractivity contribution is -0.121. The molecule has 1 N–H and O–H groups in total. The number of aryl methyl sites for hydroxylation is 1. The molecule has 2 aromatic heterocycles. The third kappa shape index (κ3) is 4.13. The van der Waals surface area contributed by atoms with Crippen LogP contribution in [0, 0.1) is 17.2 Å².